The molecule has 1 aromatic heterocycles. The number of halogens is 6. The summed E-state index contributed by atoms with van der Waals surface area (Å²) < 4.78 is 114. The smallest absolute Gasteiger partial charge is 0.435 e. The van der Waals surface area contributed by atoms with E-state index >= 15 is 0 Å². The number of nitrogens with one attached hydrogen (secondary N) is 2. The maximum atomic E-state index is 13.1. The molecule has 1 atom stereocenters. The lowest BCUT2D eigenvalue weighted by molar-refractivity contribution is -0.143. The molecular formula is C30H27F6N5O6S. The van der Waals surface area contributed by atoms with Gasteiger partial charge in [0.1, 0.15) is 24.1 Å². The van der Waals surface area contributed by atoms with E-state index in [1.165, 1.54) is 24.3 Å². The normalized spacial score (nSPS) is 13.3. The Kier molecular flexibility index (Phi) is 10.1. The fourth-order valence-electron chi connectivity index (χ4n) is 4.63. The number of carbonyl (C=O) groups excluding carboxylic acids is 2. The third kappa shape index (κ3) is 8.82. The van der Waals surface area contributed by atoms with Gasteiger partial charge in [0.25, 0.3) is 16.1 Å². The summed E-state index contributed by atoms with van der Waals surface area (Å²) in [7, 11) is -4.43. The number of nitrogens with two attached hydrogens (primary N) is 2. The molecule has 1 heterocycles. The van der Waals surface area contributed by atoms with Gasteiger partial charge < -0.3 is 20.2 Å². The number of anilines is 1. The topological polar surface area (TPSA) is 179 Å². The molecule has 3 aromatic carbocycles. The van der Waals surface area contributed by atoms with Gasteiger partial charge in [-0.2, -0.15) is 39.8 Å². The van der Waals surface area contributed by atoms with Crippen LogP contribution in [-0.2, 0) is 45.1 Å². The number of carbonyl (C=O) groups is 2. The Balaban J connectivity index is 1.53. The van der Waals surface area contributed by atoms with Crippen LogP contribution in [0, 0.1) is 6.92 Å². The number of furan rings is 1. The molecule has 0 aliphatic carbocycles. The maximum Gasteiger partial charge on any atom is 0.435 e. The van der Waals surface area contributed by atoms with Crippen molar-refractivity contribution in [3.63, 3.8) is 0 Å². The highest BCUT2D eigenvalue weighted by Crippen LogP contribution is 2.36. The number of ether oxygens (including phenoxy) is 1. The number of rotatable bonds is 9. The molecule has 4 aromatic rings. The van der Waals surface area contributed by atoms with Gasteiger partial charge in [-0.15, -0.1) is 0 Å². The minimum atomic E-state index is -5.08. The van der Waals surface area contributed by atoms with Crippen molar-refractivity contribution < 1.29 is 53.5 Å². The largest absolute Gasteiger partial charge is 0.464 e. The lowest BCUT2D eigenvalue weighted by atomic mass is 9.98. The predicted molar refractivity (Wildman–Crippen MR) is 162 cm³/mol. The molecule has 0 bridgehead atoms. The van der Waals surface area contributed by atoms with Crippen molar-refractivity contribution in [2.75, 3.05) is 5.32 Å². The zero-order chi connectivity index (χ0) is 35.6. The van der Waals surface area contributed by atoms with Crippen LogP contribution in [0.25, 0.3) is 11.0 Å². The fourth-order valence-corrected chi connectivity index (χ4v) is 5.03. The molecule has 11 nitrogen and oxygen atoms in total. The van der Waals surface area contributed by atoms with Crippen LogP contribution in [0.15, 0.2) is 70.3 Å². The SMILES string of the molecule is CCc1cc(C(Nc2ccc(/C(N)=N\C(=O)OCc3cc(C(F)(F)F)cc(C(F)(F)F)c3)cc2)C(=O)NS(N)(=O)=O)cc2c(C)coc12. The molecule has 0 saturated carbocycles. The molecule has 0 radical (unpaired) electrons. The summed E-state index contributed by atoms with van der Waals surface area (Å²) in [5, 5.41) is 8.67. The van der Waals surface area contributed by atoms with Gasteiger partial charge in [-0.3, -0.25) is 4.79 Å². The predicted octanol–water partition coefficient (Wildman–Crippen LogP) is 5.86. The summed E-state index contributed by atoms with van der Waals surface area (Å²) in [5.74, 6) is -1.40. The minimum absolute atomic E-state index is 0.0594. The van der Waals surface area contributed by atoms with E-state index < -0.39 is 69.7 Å². The summed E-state index contributed by atoms with van der Waals surface area (Å²) in [6.07, 6.45) is -9.47. The first-order valence-corrected chi connectivity index (χ1v) is 15.3. The lowest BCUT2D eigenvalue weighted by Crippen LogP contribution is -2.41. The Bertz CT molecular complexity index is 1960. The second-order valence-corrected chi connectivity index (χ2v) is 11.8. The highest BCUT2D eigenvalue weighted by molar-refractivity contribution is 7.87. The minimum Gasteiger partial charge on any atom is -0.464 e. The van der Waals surface area contributed by atoms with E-state index in [9.17, 15) is 44.3 Å². The van der Waals surface area contributed by atoms with Gasteiger partial charge in [-0.05, 0) is 90.2 Å². The number of hydrogen-bond acceptors (Lipinski definition) is 7. The van der Waals surface area contributed by atoms with E-state index in [-0.39, 0.29) is 17.3 Å². The van der Waals surface area contributed by atoms with E-state index in [1.807, 2.05) is 6.92 Å². The third-order valence-electron chi connectivity index (χ3n) is 6.90. The molecule has 48 heavy (non-hydrogen) atoms. The van der Waals surface area contributed by atoms with Crippen molar-refractivity contribution in [3.05, 3.63) is 99.8 Å². The standard InChI is InChI=1S/C30H27F6N5O6S/c1-3-17-10-19(11-23-15(2)13-46-25(17)23)24(27(42)41-48(38,44)45)39-22-6-4-18(5-7-22)26(37)40-28(43)47-14-16-8-20(29(31,32)33)12-21(9-16)30(34,35)36/h4-13,24,39H,3,14H2,1-2H3,(H,41,42)(H2,37,40,43)(H2,38,44,45). The lowest BCUT2D eigenvalue weighted by Gasteiger charge is -2.20. The van der Waals surface area contributed by atoms with Crippen molar-refractivity contribution in [2.45, 2.75) is 45.3 Å². The number of alkyl halides is 6. The third-order valence-corrected chi connectivity index (χ3v) is 7.38. The van der Waals surface area contributed by atoms with E-state index in [2.05, 4.69) is 10.3 Å². The molecule has 256 valence electrons. The fraction of sp³-hybridized carbons (Fsp3) is 0.233. The summed E-state index contributed by atoms with van der Waals surface area (Å²) in [4.78, 5) is 28.8. The van der Waals surface area contributed by atoms with Crippen LogP contribution < -0.4 is 20.9 Å². The molecule has 0 aliphatic heterocycles. The summed E-state index contributed by atoms with van der Waals surface area (Å²) >= 11 is 0. The highest BCUT2D eigenvalue weighted by atomic mass is 32.2. The van der Waals surface area contributed by atoms with Crippen LogP contribution >= 0.6 is 0 Å². The van der Waals surface area contributed by atoms with Crippen LogP contribution in [0.4, 0.5) is 36.8 Å². The Morgan fingerprint density at radius 3 is 2.12 bits per heavy atom. The molecule has 0 fully saturated rings. The average molecular weight is 700 g/mol. The van der Waals surface area contributed by atoms with Crippen molar-refractivity contribution >= 4 is 44.7 Å². The van der Waals surface area contributed by atoms with Crippen LogP contribution in [0.3, 0.4) is 0 Å². The molecule has 2 amide bonds. The Labute approximate surface area is 269 Å². The van der Waals surface area contributed by atoms with Crippen molar-refractivity contribution in [2.24, 2.45) is 15.9 Å². The summed E-state index contributed by atoms with van der Waals surface area (Å²) in [6.45, 7) is 2.72. The first kappa shape index (κ1) is 35.7. The first-order valence-electron chi connectivity index (χ1n) is 13.8. The van der Waals surface area contributed by atoms with Crippen LogP contribution in [0.1, 0.15) is 51.9 Å². The number of fused-ring (bicyclic) bond motifs is 1. The number of nitrogens with zero attached hydrogens (tertiary/aromatic N) is 1. The first-order chi connectivity index (χ1) is 22.2. The molecule has 4 rings (SSSR count). The molecule has 0 spiro atoms. The monoisotopic (exact) mass is 699 g/mol. The van der Waals surface area contributed by atoms with E-state index in [0.29, 0.717) is 35.1 Å². The van der Waals surface area contributed by atoms with Crippen molar-refractivity contribution in [1.29, 1.82) is 0 Å². The molecule has 18 heteroatoms. The summed E-state index contributed by atoms with van der Waals surface area (Å²) in [5.41, 5.74) is 5.09. The Hall–Kier alpha value is -5.10. The zero-order valence-corrected chi connectivity index (χ0v) is 25.8. The number of aryl methyl sites for hydroxylation is 2. The highest BCUT2D eigenvalue weighted by Gasteiger charge is 2.37. The number of amides is 2. The van der Waals surface area contributed by atoms with Gasteiger partial charge in [-0.25, -0.2) is 14.7 Å². The Morgan fingerprint density at radius 2 is 1.58 bits per heavy atom. The number of benzene rings is 3. The van der Waals surface area contributed by atoms with Crippen LogP contribution in [-0.4, -0.2) is 26.3 Å². The van der Waals surface area contributed by atoms with Crippen LogP contribution in [0.2, 0.25) is 0 Å². The quantitative estimate of drug-likeness (QED) is 0.0954. The summed E-state index contributed by atoms with van der Waals surface area (Å²) in [6, 6.07) is 8.42. The Morgan fingerprint density at radius 1 is 0.979 bits per heavy atom. The molecule has 1 unspecified atom stereocenters. The van der Waals surface area contributed by atoms with Crippen LogP contribution in [0.5, 0.6) is 0 Å². The van der Waals surface area contributed by atoms with Gasteiger partial charge in [0, 0.05) is 16.6 Å². The number of amidine groups is 1. The second kappa shape index (κ2) is 13.6. The van der Waals surface area contributed by atoms with Gasteiger partial charge in [0.05, 0.1) is 17.4 Å². The molecule has 0 saturated heterocycles. The van der Waals surface area contributed by atoms with Crippen molar-refractivity contribution in [1.82, 2.24) is 4.72 Å². The van der Waals surface area contributed by atoms with E-state index in [0.717, 1.165) is 11.1 Å². The zero-order valence-electron chi connectivity index (χ0n) is 25.0. The number of hydrogen-bond donors (Lipinski definition) is 4. The van der Waals surface area contributed by atoms with Gasteiger partial charge in [0.2, 0.25) is 0 Å². The van der Waals surface area contributed by atoms with Gasteiger partial charge in [0.15, 0.2) is 0 Å². The van der Waals surface area contributed by atoms with E-state index in [1.54, 1.807) is 30.0 Å². The average Bonchev–Trinajstić information content (AvgIpc) is 3.37. The van der Waals surface area contributed by atoms with E-state index in [4.69, 9.17) is 20.0 Å². The van der Waals surface area contributed by atoms with Crippen molar-refractivity contribution in [3.8, 4) is 0 Å². The van der Waals surface area contributed by atoms with Gasteiger partial charge in [-0.1, -0.05) is 6.92 Å². The number of aliphatic imine (C=N–C) groups is 1. The molecule has 0 aliphatic rings. The van der Waals surface area contributed by atoms with Gasteiger partial charge >= 0.3 is 18.4 Å². The second-order valence-electron chi connectivity index (χ2n) is 10.5. The molecular weight excluding hydrogens is 672 g/mol. The maximum absolute atomic E-state index is 13.1. The molecule has 6 N–H and O–H groups in total.